The number of ketones is 1. The lowest BCUT2D eigenvalue weighted by molar-refractivity contribution is 0.0917. The molecule has 1 aromatic rings. The summed E-state index contributed by atoms with van der Waals surface area (Å²) in [6.07, 6.45) is 2.58. The van der Waals surface area contributed by atoms with Gasteiger partial charge in [-0.1, -0.05) is 12.1 Å². The van der Waals surface area contributed by atoms with Crippen LogP contribution in [0, 0.1) is 17.2 Å². The van der Waals surface area contributed by atoms with Gasteiger partial charge < -0.3 is 0 Å². The van der Waals surface area contributed by atoms with Gasteiger partial charge in [-0.3, -0.25) is 9.69 Å². The smallest absolute Gasteiger partial charge is 0.176 e. The van der Waals surface area contributed by atoms with Crippen LogP contribution in [-0.4, -0.2) is 30.3 Å². The average Bonchev–Trinajstić information content (AvgIpc) is 3.22. The lowest BCUT2D eigenvalue weighted by Gasteiger charge is -2.23. The number of nitrogens with zero attached hydrogens (tertiary/aromatic N) is 2. The van der Waals surface area contributed by atoms with Crippen molar-refractivity contribution in [1.29, 1.82) is 5.26 Å². The van der Waals surface area contributed by atoms with Crippen LogP contribution in [0.15, 0.2) is 24.3 Å². The molecule has 0 spiro atoms. The fourth-order valence-corrected chi connectivity index (χ4v) is 2.13. The zero-order valence-electron chi connectivity index (χ0n) is 10.9. The van der Waals surface area contributed by atoms with Gasteiger partial charge in [0.2, 0.25) is 0 Å². The molecule has 2 rings (SSSR count). The van der Waals surface area contributed by atoms with Gasteiger partial charge in [-0.15, -0.1) is 0 Å². The van der Waals surface area contributed by atoms with Crippen LogP contribution in [0.1, 0.15) is 35.7 Å². The topological polar surface area (TPSA) is 44.1 Å². The van der Waals surface area contributed by atoms with Crippen molar-refractivity contribution in [2.45, 2.75) is 25.8 Å². The molecule has 0 aliphatic heterocycles. The summed E-state index contributed by atoms with van der Waals surface area (Å²) in [7, 11) is 2.00. The third-order valence-electron chi connectivity index (χ3n) is 3.73. The summed E-state index contributed by atoms with van der Waals surface area (Å²) in [6, 6.07) is 9.38. The van der Waals surface area contributed by atoms with Gasteiger partial charge in [0.1, 0.15) is 0 Å². The summed E-state index contributed by atoms with van der Waals surface area (Å²) >= 11 is 0. The molecule has 1 aliphatic carbocycles. The molecule has 0 heterocycles. The Hall–Kier alpha value is -1.66. The second-order valence-electron chi connectivity index (χ2n) is 5.11. The first-order valence-electron chi connectivity index (χ1n) is 6.35. The lowest BCUT2D eigenvalue weighted by Crippen LogP contribution is -2.35. The van der Waals surface area contributed by atoms with Crippen molar-refractivity contribution in [1.82, 2.24) is 4.90 Å². The summed E-state index contributed by atoms with van der Waals surface area (Å²) in [5, 5.41) is 8.71. The first-order chi connectivity index (χ1) is 8.61. The molecule has 0 N–H and O–H groups in total. The van der Waals surface area contributed by atoms with Crippen LogP contribution in [-0.2, 0) is 0 Å². The highest BCUT2D eigenvalue weighted by Gasteiger charge is 2.31. The van der Waals surface area contributed by atoms with E-state index in [2.05, 4.69) is 17.9 Å². The first-order valence-corrected chi connectivity index (χ1v) is 6.35. The molecular formula is C15H18N2O. The van der Waals surface area contributed by atoms with Crippen LogP contribution >= 0.6 is 0 Å². The molecule has 1 atom stereocenters. The van der Waals surface area contributed by atoms with Crippen molar-refractivity contribution in [2.24, 2.45) is 5.92 Å². The van der Waals surface area contributed by atoms with E-state index in [4.69, 9.17) is 5.26 Å². The van der Waals surface area contributed by atoms with E-state index >= 15 is 0 Å². The number of nitriles is 1. The van der Waals surface area contributed by atoms with Crippen LogP contribution in [0.25, 0.3) is 0 Å². The number of rotatable bonds is 5. The van der Waals surface area contributed by atoms with Gasteiger partial charge in [0.05, 0.1) is 18.2 Å². The number of carbonyl (C=O) groups is 1. The molecule has 0 radical (unpaired) electrons. The summed E-state index contributed by atoms with van der Waals surface area (Å²) in [5.74, 6) is 0.887. The maximum atomic E-state index is 12.1. The van der Waals surface area contributed by atoms with Gasteiger partial charge in [-0.25, -0.2) is 0 Å². The Morgan fingerprint density at radius 1 is 1.44 bits per heavy atom. The fourth-order valence-electron chi connectivity index (χ4n) is 2.13. The number of hydrogen-bond acceptors (Lipinski definition) is 3. The van der Waals surface area contributed by atoms with E-state index in [1.54, 1.807) is 24.3 Å². The molecule has 1 unspecified atom stereocenters. The van der Waals surface area contributed by atoms with Gasteiger partial charge >= 0.3 is 0 Å². The van der Waals surface area contributed by atoms with Gasteiger partial charge in [-0.05, 0) is 44.9 Å². The minimum Gasteiger partial charge on any atom is -0.296 e. The molecule has 0 bridgehead atoms. The molecular weight excluding hydrogens is 224 g/mol. The van der Waals surface area contributed by atoms with Crippen molar-refractivity contribution in [2.75, 3.05) is 13.6 Å². The normalized spacial score (nSPS) is 16.3. The van der Waals surface area contributed by atoms with Crippen molar-refractivity contribution in [3.05, 3.63) is 35.4 Å². The van der Waals surface area contributed by atoms with E-state index in [9.17, 15) is 4.79 Å². The van der Waals surface area contributed by atoms with Crippen molar-refractivity contribution >= 4 is 5.78 Å². The highest BCUT2D eigenvalue weighted by atomic mass is 16.1. The zero-order chi connectivity index (χ0) is 13.1. The van der Waals surface area contributed by atoms with Gasteiger partial charge in [0.25, 0.3) is 0 Å². The standard InChI is InChI=1S/C15H18N2O/c1-11(13-7-8-13)17(2)10-15(18)14-5-3-12(9-16)4-6-14/h3-6,11,13H,7-8,10H2,1-2H3. The average molecular weight is 242 g/mol. The number of hydrogen-bond donors (Lipinski definition) is 0. The maximum absolute atomic E-state index is 12.1. The second-order valence-corrected chi connectivity index (χ2v) is 5.11. The Labute approximate surface area is 108 Å². The van der Waals surface area contributed by atoms with Gasteiger partial charge in [0, 0.05) is 11.6 Å². The van der Waals surface area contributed by atoms with Gasteiger partial charge in [-0.2, -0.15) is 5.26 Å². The first kappa shape index (κ1) is 12.8. The molecule has 18 heavy (non-hydrogen) atoms. The monoisotopic (exact) mass is 242 g/mol. The molecule has 1 aromatic carbocycles. The van der Waals surface area contributed by atoms with Crippen LogP contribution < -0.4 is 0 Å². The zero-order valence-corrected chi connectivity index (χ0v) is 10.9. The molecule has 0 saturated heterocycles. The van der Waals surface area contributed by atoms with E-state index in [0.29, 0.717) is 23.7 Å². The quantitative estimate of drug-likeness (QED) is 0.745. The van der Waals surface area contributed by atoms with Crippen LogP contribution in [0.3, 0.4) is 0 Å². The van der Waals surface area contributed by atoms with E-state index in [1.807, 2.05) is 7.05 Å². The number of carbonyl (C=O) groups excluding carboxylic acids is 1. The molecule has 1 aliphatic rings. The lowest BCUT2D eigenvalue weighted by atomic mass is 10.1. The van der Waals surface area contributed by atoms with E-state index < -0.39 is 0 Å². The summed E-state index contributed by atoms with van der Waals surface area (Å²) in [5.41, 5.74) is 1.27. The van der Waals surface area contributed by atoms with Crippen molar-refractivity contribution in [3.63, 3.8) is 0 Å². The maximum Gasteiger partial charge on any atom is 0.176 e. The molecule has 0 amide bonds. The minimum absolute atomic E-state index is 0.120. The predicted octanol–water partition coefficient (Wildman–Crippen LogP) is 2.47. The fraction of sp³-hybridized carbons (Fsp3) is 0.467. The number of Topliss-reactive ketones (excluding diaryl/α,β-unsaturated/α-hetero) is 1. The van der Waals surface area contributed by atoms with Crippen LogP contribution in [0.2, 0.25) is 0 Å². The Morgan fingerprint density at radius 2 is 2.06 bits per heavy atom. The summed E-state index contributed by atoms with van der Waals surface area (Å²) in [4.78, 5) is 14.2. The highest BCUT2D eigenvalue weighted by Crippen LogP contribution is 2.34. The molecule has 3 heteroatoms. The molecule has 0 aromatic heterocycles. The SMILES string of the molecule is CC(C1CC1)N(C)CC(=O)c1ccc(C#N)cc1. The predicted molar refractivity (Wildman–Crippen MR) is 70.3 cm³/mol. The van der Waals surface area contributed by atoms with Crippen molar-refractivity contribution < 1.29 is 4.79 Å². The third kappa shape index (κ3) is 2.96. The largest absolute Gasteiger partial charge is 0.296 e. The number of likely N-dealkylation sites (N-methyl/N-ethyl adjacent to an activating group) is 1. The van der Waals surface area contributed by atoms with Crippen molar-refractivity contribution in [3.8, 4) is 6.07 Å². The van der Waals surface area contributed by atoms with Gasteiger partial charge in [0.15, 0.2) is 5.78 Å². The molecule has 1 saturated carbocycles. The number of benzene rings is 1. The third-order valence-corrected chi connectivity index (χ3v) is 3.73. The second kappa shape index (κ2) is 5.32. The Morgan fingerprint density at radius 3 is 2.56 bits per heavy atom. The molecule has 94 valence electrons. The van der Waals surface area contributed by atoms with E-state index in [1.165, 1.54) is 12.8 Å². The summed E-state index contributed by atoms with van der Waals surface area (Å²) in [6.45, 7) is 2.63. The Kier molecular flexibility index (Phi) is 3.78. The van der Waals surface area contributed by atoms with E-state index in [0.717, 1.165) is 5.92 Å². The summed E-state index contributed by atoms with van der Waals surface area (Å²) < 4.78 is 0. The Balaban J connectivity index is 1.96. The Bertz CT molecular complexity index is 468. The minimum atomic E-state index is 0.120. The highest BCUT2D eigenvalue weighted by molar-refractivity contribution is 5.97. The van der Waals surface area contributed by atoms with Crippen LogP contribution in [0.4, 0.5) is 0 Å². The molecule has 3 nitrogen and oxygen atoms in total. The van der Waals surface area contributed by atoms with E-state index in [-0.39, 0.29) is 5.78 Å². The van der Waals surface area contributed by atoms with Crippen LogP contribution in [0.5, 0.6) is 0 Å². The molecule has 1 fully saturated rings.